The average Bonchev–Trinajstić information content (AvgIpc) is 2.28. The lowest BCUT2D eigenvalue weighted by molar-refractivity contribution is 0.0968. The Labute approximate surface area is 108 Å². The van der Waals surface area contributed by atoms with E-state index in [-0.39, 0.29) is 10.7 Å². The van der Waals surface area contributed by atoms with Gasteiger partial charge < -0.3 is 0 Å². The van der Waals surface area contributed by atoms with Gasteiger partial charge in [-0.25, -0.2) is 13.1 Å². The molecule has 0 saturated carbocycles. The molecule has 1 rings (SSSR count). The molecule has 0 unspecified atom stereocenters. The van der Waals surface area contributed by atoms with Crippen LogP contribution in [-0.2, 0) is 10.0 Å². The number of benzene rings is 1. The number of sulfonamides is 1. The van der Waals surface area contributed by atoms with Gasteiger partial charge in [-0.3, -0.25) is 4.79 Å². The number of hydrogen-bond acceptors (Lipinski definition) is 3. The fourth-order valence-electron chi connectivity index (χ4n) is 1.58. The van der Waals surface area contributed by atoms with Crippen molar-refractivity contribution < 1.29 is 13.2 Å². The lowest BCUT2D eigenvalue weighted by atomic mass is 10.0. The van der Waals surface area contributed by atoms with Gasteiger partial charge >= 0.3 is 0 Å². The Bertz CT molecular complexity index is 504. The van der Waals surface area contributed by atoms with Crippen LogP contribution >= 0.6 is 0 Å². The molecule has 1 aromatic carbocycles. The second kappa shape index (κ2) is 6.11. The van der Waals surface area contributed by atoms with E-state index in [9.17, 15) is 13.2 Å². The summed E-state index contributed by atoms with van der Waals surface area (Å²) in [5, 5.41) is 0. The van der Waals surface area contributed by atoms with Crippen LogP contribution in [0.3, 0.4) is 0 Å². The summed E-state index contributed by atoms with van der Waals surface area (Å²) in [6.45, 7) is 6.01. The van der Waals surface area contributed by atoms with Gasteiger partial charge in [0.05, 0.1) is 4.90 Å². The maximum Gasteiger partial charge on any atom is 0.240 e. The maximum absolute atomic E-state index is 11.8. The third kappa shape index (κ3) is 3.92. The summed E-state index contributed by atoms with van der Waals surface area (Å²) in [5.41, 5.74) is 0.555. The van der Waals surface area contributed by atoms with Crippen molar-refractivity contribution in [3.05, 3.63) is 29.8 Å². The van der Waals surface area contributed by atoms with Crippen molar-refractivity contribution in [2.45, 2.75) is 32.1 Å². The molecule has 0 fully saturated rings. The van der Waals surface area contributed by atoms with Crippen molar-refractivity contribution in [2.24, 2.45) is 5.92 Å². The van der Waals surface area contributed by atoms with E-state index in [0.717, 1.165) is 0 Å². The van der Waals surface area contributed by atoms with Gasteiger partial charge in [-0.1, -0.05) is 32.9 Å². The lowest BCUT2D eigenvalue weighted by Gasteiger charge is -2.06. The third-order valence-electron chi connectivity index (χ3n) is 2.41. The molecule has 0 heterocycles. The highest BCUT2D eigenvalue weighted by Gasteiger charge is 2.14. The largest absolute Gasteiger partial charge is 0.294 e. The van der Waals surface area contributed by atoms with E-state index in [1.807, 2.05) is 13.8 Å². The summed E-state index contributed by atoms with van der Waals surface area (Å²) in [6, 6.07) is 6.06. The highest BCUT2D eigenvalue weighted by Crippen LogP contribution is 2.13. The van der Waals surface area contributed by atoms with Gasteiger partial charge in [0.2, 0.25) is 10.0 Å². The van der Waals surface area contributed by atoms with E-state index < -0.39 is 10.0 Å². The van der Waals surface area contributed by atoms with Crippen LogP contribution in [-0.4, -0.2) is 20.7 Å². The van der Waals surface area contributed by atoms with Crippen LogP contribution in [0.25, 0.3) is 0 Å². The Balaban J connectivity index is 2.90. The number of Topliss-reactive ketones (excluding diaryl/α,β-unsaturated/α-hetero) is 1. The van der Waals surface area contributed by atoms with Crippen LogP contribution in [0.15, 0.2) is 29.2 Å². The fraction of sp³-hybridized carbons (Fsp3) is 0.462. The normalized spacial score (nSPS) is 11.8. The van der Waals surface area contributed by atoms with E-state index >= 15 is 0 Å². The van der Waals surface area contributed by atoms with Crippen LogP contribution in [0.2, 0.25) is 0 Å². The first-order chi connectivity index (χ1) is 8.36. The van der Waals surface area contributed by atoms with Gasteiger partial charge in [-0.15, -0.1) is 0 Å². The predicted molar refractivity (Wildman–Crippen MR) is 71.1 cm³/mol. The molecule has 1 aromatic rings. The molecule has 0 aliphatic carbocycles. The quantitative estimate of drug-likeness (QED) is 0.805. The van der Waals surface area contributed by atoms with E-state index in [0.29, 0.717) is 24.4 Å². The number of carbonyl (C=O) groups excluding carboxylic acids is 1. The van der Waals surface area contributed by atoms with E-state index in [1.54, 1.807) is 19.1 Å². The van der Waals surface area contributed by atoms with Crippen molar-refractivity contribution in [1.82, 2.24) is 4.72 Å². The summed E-state index contributed by atoms with van der Waals surface area (Å²) in [6.07, 6.45) is 0.472. The molecular weight excluding hydrogens is 250 g/mol. The molecule has 0 aliphatic rings. The zero-order chi connectivity index (χ0) is 13.8. The summed E-state index contributed by atoms with van der Waals surface area (Å²) >= 11 is 0. The second-order valence-electron chi connectivity index (χ2n) is 4.55. The van der Waals surface area contributed by atoms with Crippen LogP contribution in [0, 0.1) is 5.92 Å². The zero-order valence-corrected chi connectivity index (χ0v) is 11.8. The summed E-state index contributed by atoms with van der Waals surface area (Å²) in [7, 11) is -3.44. The van der Waals surface area contributed by atoms with Crippen LogP contribution in [0.1, 0.15) is 37.6 Å². The standard InChI is InChI=1S/C13H19NO3S/c1-4-14-18(16,17)12-7-5-11(6-8-12)13(15)9-10(2)3/h5-8,10,14H,4,9H2,1-3H3. The molecule has 5 heteroatoms. The Morgan fingerprint density at radius 3 is 2.22 bits per heavy atom. The number of rotatable bonds is 6. The van der Waals surface area contributed by atoms with Crippen LogP contribution in [0.5, 0.6) is 0 Å². The number of carbonyl (C=O) groups is 1. The first-order valence-corrected chi connectivity index (χ1v) is 7.48. The zero-order valence-electron chi connectivity index (χ0n) is 10.9. The molecule has 1 N–H and O–H groups in total. The number of nitrogens with one attached hydrogen (secondary N) is 1. The van der Waals surface area contributed by atoms with Gasteiger partial charge in [0.25, 0.3) is 0 Å². The maximum atomic E-state index is 11.8. The lowest BCUT2D eigenvalue weighted by Crippen LogP contribution is -2.23. The molecular formula is C13H19NO3S. The minimum Gasteiger partial charge on any atom is -0.294 e. The van der Waals surface area contributed by atoms with Gasteiger partial charge in [0.15, 0.2) is 5.78 Å². The molecule has 0 saturated heterocycles. The van der Waals surface area contributed by atoms with E-state index in [4.69, 9.17) is 0 Å². The minimum atomic E-state index is -3.44. The summed E-state index contributed by atoms with van der Waals surface area (Å²) < 4.78 is 25.8. The van der Waals surface area contributed by atoms with Gasteiger partial charge in [-0.2, -0.15) is 0 Å². The average molecular weight is 269 g/mol. The smallest absolute Gasteiger partial charge is 0.240 e. The second-order valence-corrected chi connectivity index (χ2v) is 6.31. The minimum absolute atomic E-state index is 0.0393. The molecule has 18 heavy (non-hydrogen) atoms. The van der Waals surface area contributed by atoms with E-state index in [2.05, 4.69) is 4.72 Å². The molecule has 0 radical (unpaired) electrons. The van der Waals surface area contributed by atoms with Crippen molar-refractivity contribution in [2.75, 3.05) is 6.54 Å². The van der Waals surface area contributed by atoms with E-state index in [1.165, 1.54) is 12.1 Å². The Morgan fingerprint density at radius 1 is 1.22 bits per heavy atom. The molecule has 0 spiro atoms. The molecule has 0 bridgehead atoms. The van der Waals surface area contributed by atoms with Crippen molar-refractivity contribution in [1.29, 1.82) is 0 Å². The summed E-state index contributed by atoms with van der Waals surface area (Å²) in [5.74, 6) is 0.333. The van der Waals surface area contributed by atoms with Crippen LogP contribution < -0.4 is 4.72 Å². The number of ketones is 1. The first kappa shape index (κ1) is 14.9. The Kier molecular flexibility index (Phi) is 5.04. The fourth-order valence-corrected chi connectivity index (χ4v) is 2.62. The summed E-state index contributed by atoms with van der Waals surface area (Å²) in [4.78, 5) is 12.0. The molecule has 0 amide bonds. The third-order valence-corrected chi connectivity index (χ3v) is 3.98. The highest BCUT2D eigenvalue weighted by atomic mass is 32.2. The molecule has 4 nitrogen and oxygen atoms in total. The molecule has 0 aliphatic heterocycles. The molecule has 0 aromatic heterocycles. The first-order valence-electron chi connectivity index (χ1n) is 5.99. The monoisotopic (exact) mass is 269 g/mol. The van der Waals surface area contributed by atoms with Crippen molar-refractivity contribution in [3.8, 4) is 0 Å². The number of hydrogen-bond donors (Lipinski definition) is 1. The van der Waals surface area contributed by atoms with Crippen LogP contribution in [0.4, 0.5) is 0 Å². The van der Waals surface area contributed by atoms with Crippen molar-refractivity contribution >= 4 is 15.8 Å². The van der Waals surface area contributed by atoms with Gasteiger partial charge in [0.1, 0.15) is 0 Å². The predicted octanol–water partition coefficient (Wildman–Crippen LogP) is 2.21. The van der Waals surface area contributed by atoms with Gasteiger partial charge in [-0.05, 0) is 18.1 Å². The molecule has 0 atom stereocenters. The highest BCUT2D eigenvalue weighted by molar-refractivity contribution is 7.89. The Morgan fingerprint density at radius 2 is 1.78 bits per heavy atom. The molecule has 100 valence electrons. The van der Waals surface area contributed by atoms with Gasteiger partial charge in [0, 0.05) is 18.5 Å². The SMILES string of the molecule is CCNS(=O)(=O)c1ccc(C(=O)CC(C)C)cc1. The van der Waals surface area contributed by atoms with Crippen molar-refractivity contribution in [3.63, 3.8) is 0 Å². The Hall–Kier alpha value is -1.20. The topological polar surface area (TPSA) is 63.2 Å².